The second-order valence-corrected chi connectivity index (χ2v) is 8.14. The molecular weight excluding hydrogens is 458 g/mol. The molecule has 0 spiro atoms. The standard InChI is InChI=1S/C23H19F4N3O4/c24-16-4-2-1-3-15(16)17(10-23(25,26)27)28-20(32)12-5-6-14-13(9-12)11-30(22(14)34)18-7-8-19(31)29-21(18)33/h1-6,9,17-18H,7-8,10-11H2,(H,28,32)(H,29,31,33)/t17-,18?/m1/s1. The van der Waals surface area contributed by atoms with Crippen LogP contribution in [-0.2, 0) is 16.1 Å². The summed E-state index contributed by atoms with van der Waals surface area (Å²) in [6, 6.07) is 6.40. The Hall–Kier alpha value is -3.76. The van der Waals surface area contributed by atoms with Crippen LogP contribution in [0.25, 0.3) is 0 Å². The highest BCUT2D eigenvalue weighted by atomic mass is 19.4. The lowest BCUT2D eigenvalue weighted by Crippen LogP contribution is -2.52. The van der Waals surface area contributed by atoms with Crippen molar-refractivity contribution in [3.8, 4) is 0 Å². The van der Waals surface area contributed by atoms with E-state index in [1.165, 1.54) is 41.3 Å². The van der Waals surface area contributed by atoms with Crippen LogP contribution in [0.15, 0.2) is 42.5 Å². The zero-order chi connectivity index (χ0) is 24.6. The molecule has 7 nitrogen and oxygen atoms in total. The van der Waals surface area contributed by atoms with Gasteiger partial charge in [-0.05, 0) is 36.2 Å². The Kier molecular flexibility index (Phi) is 6.11. The zero-order valence-corrected chi connectivity index (χ0v) is 17.6. The van der Waals surface area contributed by atoms with Gasteiger partial charge in [-0.3, -0.25) is 24.5 Å². The number of fused-ring (bicyclic) bond motifs is 1. The molecule has 2 atom stereocenters. The number of hydrogen-bond donors (Lipinski definition) is 2. The minimum absolute atomic E-state index is 0.000850. The summed E-state index contributed by atoms with van der Waals surface area (Å²) < 4.78 is 53.5. The summed E-state index contributed by atoms with van der Waals surface area (Å²) in [6.07, 6.45) is -5.88. The lowest BCUT2D eigenvalue weighted by atomic mass is 10.0. The van der Waals surface area contributed by atoms with Gasteiger partial charge >= 0.3 is 6.18 Å². The molecule has 0 aliphatic carbocycles. The number of piperidine rings is 1. The number of amides is 4. The van der Waals surface area contributed by atoms with Crippen LogP contribution in [0.1, 0.15) is 57.1 Å². The van der Waals surface area contributed by atoms with Crippen LogP contribution in [0.3, 0.4) is 0 Å². The molecule has 2 aromatic carbocycles. The van der Waals surface area contributed by atoms with Gasteiger partial charge in [-0.2, -0.15) is 13.2 Å². The summed E-state index contributed by atoms with van der Waals surface area (Å²) in [4.78, 5) is 50.4. The minimum atomic E-state index is -4.66. The summed E-state index contributed by atoms with van der Waals surface area (Å²) in [5, 5.41) is 4.42. The maximum Gasteiger partial charge on any atom is 0.391 e. The van der Waals surface area contributed by atoms with Crippen molar-refractivity contribution in [2.45, 2.75) is 44.1 Å². The van der Waals surface area contributed by atoms with E-state index in [4.69, 9.17) is 0 Å². The molecule has 0 saturated carbocycles. The Labute approximate surface area is 191 Å². The molecule has 2 aliphatic rings. The molecule has 2 aromatic rings. The monoisotopic (exact) mass is 477 g/mol. The number of benzene rings is 2. The average Bonchev–Trinajstić information content (AvgIpc) is 3.08. The molecule has 1 saturated heterocycles. The topological polar surface area (TPSA) is 95.6 Å². The van der Waals surface area contributed by atoms with E-state index in [1.807, 2.05) is 0 Å². The number of halogens is 4. The van der Waals surface area contributed by atoms with Gasteiger partial charge in [0, 0.05) is 29.7 Å². The van der Waals surface area contributed by atoms with Crippen molar-refractivity contribution in [3.05, 3.63) is 70.5 Å². The molecule has 1 unspecified atom stereocenters. The predicted octanol–water partition coefficient (Wildman–Crippen LogP) is 3.01. The van der Waals surface area contributed by atoms with Crippen molar-refractivity contribution >= 4 is 23.6 Å². The van der Waals surface area contributed by atoms with Crippen molar-refractivity contribution in [1.29, 1.82) is 0 Å². The summed E-state index contributed by atoms with van der Waals surface area (Å²) in [5.74, 6) is -3.20. The first-order valence-electron chi connectivity index (χ1n) is 10.4. The highest BCUT2D eigenvalue weighted by Crippen LogP contribution is 2.32. The molecule has 2 N–H and O–H groups in total. The van der Waals surface area contributed by atoms with Gasteiger partial charge in [-0.25, -0.2) is 4.39 Å². The maximum atomic E-state index is 14.2. The van der Waals surface area contributed by atoms with E-state index >= 15 is 0 Å². The van der Waals surface area contributed by atoms with E-state index in [1.54, 1.807) is 0 Å². The van der Waals surface area contributed by atoms with E-state index in [2.05, 4.69) is 10.6 Å². The molecular formula is C23H19F4N3O4. The van der Waals surface area contributed by atoms with Crippen LogP contribution in [0.5, 0.6) is 0 Å². The van der Waals surface area contributed by atoms with Crippen LogP contribution < -0.4 is 10.6 Å². The minimum Gasteiger partial charge on any atom is -0.345 e. The SMILES string of the molecule is O=C1CCC(N2Cc3cc(C(=O)N[C@H](CC(F)(F)F)c4ccccc4F)ccc3C2=O)C(=O)N1. The fourth-order valence-corrected chi connectivity index (χ4v) is 4.19. The number of carbonyl (C=O) groups is 4. The fraction of sp³-hybridized carbons (Fsp3) is 0.304. The van der Waals surface area contributed by atoms with Crippen LogP contribution in [0.2, 0.25) is 0 Å². The number of nitrogens with zero attached hydrogens (tertiary/aromatic N) is 1. The Morgan fingerprint density at radius 2 is 1.88 bits per heavy atom. The van der Waals surface area contributed by atoms with E-state index in [0.717, 1.165) is 6.07 Å². The van der Waals surface area contributed by atoms with Gasteiger partial charge in [0.25, 0.3) is 11.8 Å². The fourth-order valence-electron chi connectivity index (χ4n) is 4.19. The van der Waals surface area contributed by atoms with Crippen LogP contribution in [0.4, 0.5) is 17.6 Å². The molecule has 0 aromatic heterocycles. The Balaban J connectivity index is 1.54. The number of imide groups is 1. The van der Waals surface area contributed by atoms with Crippen LogP contribution in [-0.4, -0.2) is 40.7 Å². The largest absolute Gasteiger partial charge is 0.391 e. The van der Waals surface area contributed by atoms with Gasteiger partial charge in [0.05, 0.1) is 12.5 Å². The van der Waals surface area contributed by atoms with E-state index in [-0.39, 0.29) is 36.1 Å². The number of hydrogen-bond acceptors (Lipinski definition) is 4. The van der Waals surface area contributed by atoms with Crippen molar-refractivity contribution in [3.63, 3.8) is 0 Å². The van der Waals surface area contributed by atoms with Gasteiger partial charge in [0.2, 0.25) is 11.8 Å². The first kappa shape index (κ1) is 23.4. The summed E-state index contributed by atoms with van der Waals surface area (Å²) in [6.45, 7) is 0.000850. The van der Waals surface area contributed by atoms with Crippen molar-refractivity contribution < 1.29 is 36.7 Å². The first-order chi connectivity index (χ1) is 16.0. The molecule has 34 heavy (non-hydrogen) atoms. The highest BCUT2D eigenvalue weighted by Gasteiger charge is 2.39. The first-order valence-corrected chi connectivity index (χ1v) is 10.4. The van der Waals surface area contributed by atoms with Gasteiger partial charge < -0.3 is 10.2 Å². The molecule has 2 aliphatic heterocycles. The van der Waals surface area contributed by atoms with Crippen molar-refractivity contribution in [2.75, 3.05) is 0 Å². The van der Waals surface area contributed by atoms with E-state index < -0.39 is 54.1 Å². The molecule has 2 heterocycles. The van der Waals surface area contributed by atoms with Gasteiger partial charge in [0.15, 0.2) is 0 Å². The number of nitrogens with one attached hydrogen (secondary N) is 2. The average molecular weight is 477 g/mol. The Morgan fingerprint density at radius 3 is 2.56 bits per heavy atom. The van der Waals surface area contributed by atoms with E-state index in [0.29, 0.717) is 5.56 Å². The third kappa shape index (κ3) is 4.78. The summed E-state index contributed by atoms with van der Waals surface area (Å²) in [7, 11) is 0. The third-order valence-electron chi connectivity index (χ3n) is 5.81. The van der Waals surface area contributed by atoms with Gasteiger partial charge in [-0.1, -0.05) is 18.2 Å². The van der Waals surface area contributed by atoms with Gasteiger partial charge in [0.1, 0.15) is 11.9 Å². The molecule has 178 valence electrons. The lowest BCUT2D eigenvalue weighted by Gasteiger charge is -2.29. The summed E-state index contributed by atoms with van der Waals surface area (Å²) >= 11 is 0. The quantitative estimate of drug-likeness (QED) is 0.511. The molecule has 4 rings (SSSR count). The second-order valence-electron chi connectivity index (χ2n) is 8.14. The smallest absolute Gasteiger partial charge is 0.345 e. The number of rotatable bonds is 5. The molecule has 11 heteroatoms. The third-order valence-corrected chi connectivity index (χ3v) is 5.81. The number of alkyl halides is 3. The predicted molar refractivity (Wildman–Crippen MR) is 110 cm³/mol. The van der Waals surface area contributed by atoms with Crippen molar-refractivity contribution in [2.24, 2.45) is 0 Å². The Morgan fingerprint density at radius 1 is 1.15 bits per heavy atom. The molecule has 0 bridgehead atoms. The molecule has 1 fully saturated rings. The van der Waals surface area contributed by atoms with Crippen LogP contribution >= 0.6 is 0 Å². The maximum absolute atomic E-state index is 14.2. The molecule has 0 radical (unpaired) electrons. The molecule has 4 amide bonds. The zero-order valence-electron chi connectivity index (χ0n) is 17.6. The van der Waals surface area contributed by atoms with Crippen molar-refractivity contribution in [1.82, 2.24) is 15.5 Å². The summed E-state index contributed by atoms with van der Waals surface area (Å²) in [5.41, 5.74) is 0.358. The number of carbonyl (C=O) groups excluding carboxylic acids is 4. The lowest BCUT2D eigenvalue weighted by molar-refractivity contribution is -0.140. The van der Waals surface area contributed by atoms with Crippen LogP contribution in [0, 0.1) is 5.82 Å². The second kappa shape index (κ2) is 8.88. The Bertz CT molecular complexity index is 1180. The van der Waals surface area contributed by atoms with Gasteiger partial charge in [-0.15, -0.1) is 0 Å². The normalized spacial score (nSPS) is 19.0. The van der Waals surface area contributed by atoms with E-state index in [9.17, 15) is 36.7 Å². The highest BCUT2D eigenvalue weighted by molar-refractivity contribution is 6.06.